The molecular weight excluding hydrogens is 279 g/mol. The van der Waals surface area contributed by atoms with Crippen molar-refractivity contribution in [3.05, 3.63) is 33.1 Å². The summed E-state index contributed by atoms with van der Waals surface area (Å²) in [5.74, 6) is -1.07. The van der Waals surface area contributed by atoms with E-state index in [1.54, 1.807) is 0 Å². The number of nitrogens with zero attached hydrogens (tertiary/aromatic N) is 2. The van der Waals surface area contributed by atoms with E-state index >= 15 is 0 Å². The molecule has 0 fully saturated rings. The minimum absolute atomic E-state index is 0.0736. The summed E-state index contributed by atoms with van der Waals surface area (Å²) in [7, 11) is -1.80. The largest absolute Gasteiger partial charge is 0.309 e. The summed E-state index contributed by atoms with van der Waals surface area (Å²) >= 11 is 0. The summed E-state index contributed by atoms with van der Waals surface area (Å²) in [4.78, 5) is 14.1. The average Bonchev–Trinajstić information content (AvgIpc) is 2.25. The lowest BCUT2D eigenvalue weighted by Crippen LogP contribution is -2.27. The van der Waals surface area contributed by atoms with Crippen LogP contribution in [0.25, 0.3) is 0 Å². The normalized spacial score (nSPS) is 11.9. The Morgan fingerprint density at radius 3 is 2.37 bits per heavy atom. The lowest BCUT2D eigenvalue weighted by Gasteiger charge is -2.17. The average molecular weight is 292 g/mol. The fourth-order valence-corrected chi connectivity index (χ4v) is 3.16. The third-order valence-electron chi connectivity index (χ3n) is 2.66. The number of nitro benzene ring substituents is 1. The molecule has 19 heavy (non-hydrogen) atoms. The summed E-state index contributed by atoms with van der Waals surface area (Å²) in [6.45, 7) is 2.54. The monoisotopic (exact) mass is 292 g/mol. The number of rotatable bonds is 4. The van der Waals surface area contributed by atoms with Gasteiger partial charge in [-0.2, -0.15) is 4.39 Å². The Hall–Kier alpha value is -1.58. The third-order valence-corrected chi connectivity index (χ3v) is 4.63. The molecule has 106 valence electrons. The maximum atomic E-state index is 13.5. The SMILES string of the molecule is CON(C)S(=O)(=O)c1c(C)cc(F)c([N+](=O)[O-])c1C. The van der Waals surface area contributed by atoms with Crippen molar-refractivity contribution in [1.29, 1.82) is 0 Å². The van der Waals surface area contributed by atoms with E-state index in [4.69, 9.17) is 0 Å². The summed E-state index contributed by atoms with van der Waals surface area (Å²) < 4.78 is 38.4. The molecule has 0 N–H and O–H groups in total. The molecule has 0 aliphatic rings. The van der Waals surface area contributed by atoms with Crippen LogP contribution in [0.5, 0.6) is 0 Å². The predicted molar refractivity (Wildman–Crippen MR) is 64.5 cm³/mol. The highest BCUT2D eigenvalue weighted by Gasteiger charge is 2.32. The molecule has 0 spiro atoms. The predicted octanol–water partition coefficient (Wildman–Crippen LogP) is 1.53. The number of hydrogen-bond donors (Lipinski definition) is 0. The summed E-state index contributed by atoms with van der Waals surface area (Å²) in [6.07, 6.45) is 0. The Morgan fingerprint density at radius 1 is 1.42 bits per heavy atom. The van der Waals surface area contributed by atoms with E-state index in [0.29, 0.717) is 4.47 Å². The van der Waals surface area contributed by atoms with E-state index in [9.17, 15) is 22.9 Å². The molecule has 1 rings (SSSR count). The van der Waals surface area contributed by atoms with Gasteiger partial charge in [-0.15, -0.1) is 0 Å². The zero-order chi connectivity index (χ0) is 15.0. The molecule has 0 radical (unpaired) electrons. The maximum absolute atomic E-state index is 13.5. The van der Waals surface area contributed by atoms with E-state index in [0.717, 1.165) is 20.2 Å². The molecule has 0 aliphatic carbocycles. The smallest absolute Gasteiger partial charge is 0.288 e. The van der Waals surface area contributed by atoms with E-state index < -0.39 is 26.5 Å². The Balaban J connectivity index is 3.72. The molecule has 0 aliphatic heterocycles. The number of halogens is 1. The Bertz CT molecular complexity index is 629. The molecule has 0 aromatic heterocycles. The fraction of sp³-hybridized carbons (Fsp3) is 0.400. The molecular formula is C10H13FN2O5S. The van der Waals surface area contributed by atoms with Crippen molar-refractivity contribution in [2.24, 2.45) is 0 Å². The Kier molecular flexibility index (Phi) is 4.23. The number of sulfonamides is 1. The molecule has 7 nitrogen and oxygen atoms in total. The molecule has 0 saturated heterocycles. The first-order valence-electron chi connectivity index (χ1n) is 5.11. The number of hydroxylamine groups is 1. The lowest BCUT2D eigenvalue weighted by atomic mass is 10.1. The lowest BCUT2D eigenvalue weighted by molar-refractivity contribution is -0.388. The van der Waals surface area contributed by atoms with Crippen LogP contribution in [0.2, 0.25) is 0 Å². The van der Waals surface area contributed by atoms with Crippen LogP contribution in [-0.2, 0) is 14.9 Å². The van der Waals surface area contributed by atoms with Crippen LogP contribution in [0.3, 0.4) is 0 Å². The van der Waals surface area contributed by atoms with Crippen LogP contribution in [0.4, 0.5) is 10.1 Å². The highest BCUT2D eigenvalue weighted by Crippen LogP contribution is 2.32. The van der Waals surface area contributed by atoms with E-state index in [1.807, 2.05) is 0 Å². The number of hydrogen-bond acceptors (Lipinski definition) is 5. The molecule has 1 aromatic carbocycles. The minimum Gasteiger partial charge on any atom is -0.288 e. The number of aryl methyl sites for hydroxylation is 1. The second kappa shape index (κ2) is 5.19. The Morgan fingerprint density at radius 2 is 1.95 bits per heavy atom. The van der Waals surface area contributed by atoms with Crippen LogP contribution in [0.1, 0.15) is 11.1 Å². The maximum Gasteiger partial charge on any atom is 0.309 e. The van der Waals surface area contributed by atoms with Gasteiger partial charge in [0.2, 0.25) is 5.82 Å². The standard InChI is InChI=1S/C10H13FN2O5S/c1-6-5-8(11)9(13(14)15)7(2)10(6)19(16,17)12(3)18-4/h5H,1-4H3. The molecule has 1 aromatic rings. The van der Waals surface area contributed by atoms with Gasteiger partial charge in [0.15, 0.2) is 0 Å². The zero-order valence-electron chi connectivity index (χ0n) is 10.8. The molecule has 0 heterocycles. The van der Waals surface area contributed by atoms with Crippen LogP contribution in [0.15, 0.2) is 11.0 Å². The Labute approximate surface area is 109 Å². The third kappa shape index (κ3) is 2.57. The van der Waals surface area contributed by atoms with Gasteiger partial charge in [-0.05, 0) is 25.5 Å². The second-order valence-corrected chi connectivity index (χ2v) is 5.71. The molecule has 0 unspecified atom stereocenters. The van der Waals surface area contributed by atoms with Gasteiger partial charge in [0.25, 0.3) is 10.0 Å². The highest BCUT2D eigenvalue weighted by atomic mass is 32.2. The highest BCUT2D eigenvalue weighted by molar-refractivity contribution is 7.89. The van der Waals surface area contributed by atoms with Crippen LogP contribution in [0, 0.1) is 29.8 Å². The van der Waals surface area contributed by atoms with Gasteiger partial charge >= 0.3 is 5.69 Å². The van der Waals surface area contributed by atoms with Gasteiger partial charge in [0.05, 0.1) is 22.5 Å². The molecule has 0 saturated carbocycles. The minimum atomic E-state index is -4.08. The van der Waals surface area contributed by atoms with Crippen LogP contribution < -0.4 is 0 Å². The number of nitro groups is 1. The van der Waals surface area contributed by atoms with Crippen molar-refractivity contribution < 1.29 is 22.6 Å². The molecule has 0 atom stereocenters. The van der Waals surface area contributed by atoms with E-state index in [1.165, 1.54) is 13.8 Å². The van der Waals surface area contributed by atoms with Crippen molar-refractivity contribution in [3.8, 4) is 0 Å². The van der Waals surface area contributed by atoms with Gasteiger partial charge in [-0.1, -0.05) is 4.47 Å². The van der Waals surface area contributed by atoms with Gasteiger partial charge in [-0.25, -0.2) is 8.42 Å². The molecule has 0 amide bonds. The topological polar surface area (TPSA) is 89.8 Å². The zero-order valence-corrected chi connectivity index (χ0v) is 11.6. The first-order chi connectivity index (χ1) is 8.64. The van der Waals surface area contributed by atoms with Crippen molar-refractivity contribution in [3.63, 3.8) is 0 Å². The summed E-state index contributed by atoms with van der Waals surface area (Å²) in [5, 5.41) is 10.8. The summed E-state index contributed by atoms with van der Waals surface area (Å²) in [6, 6.07) is 0.821. The van der Waals surface area contributed by atoms with Gasteiger partial charge in [0, 0.05) is 7.05 Å². The van der Waals surface area contributed by atoms with Crippen LogP contribution in [-0.4, -0.2) is 32.0 Å². The van der Waals surface area contributed by atoms with E-state index in [2.05, 4.69) is 4.84 Å². The first-order valence-corrected chi connectivity index (χ1v) is 6.55. The molecule has 0 bridgehead atoms. The van der Waals surface area contributed by atoms with E-state index in [-0.39, 0.29) is 16.0 Å². The quantitative estimate of drug-likeness (QED) is 0.620. The summed E-state index contributed by atoms with van der Waals surface area (Å²) in [5.41, 5.74) is -1.04. The van der Waals surface area contributed by atoms with Crippen LogP contribution >= 0.6 is 0 Å². The first kappa shape index (κ1) is 15.5. The number of benzene rings is 1. The van der Waals surface area contributed by atoms with Crippen molar-refractivity contribution in [1.82, 2.24) is 4.47 Å². The van der Waals surface area contributed by atoms with Crippen molar-refractivity contribution >= 4 is 15.7 Å². The second-order valence-electron chi connectivity index (χ2n) is 3.83. The van der Waals surface area contributed by atoms with Crippen molar-refractivity contribution in [2.45, 2.75) is 18.7 Å². The van der Waals surface area contributed by atoms with Crippen molar-refractivity contribution in [2.75, 3.05) is 14.2 Å². The fourth-order valence-electron chi connectivity index (χ4n) is 1.75. The van der Waals surface area contributed by atoms with Gasteiger partial charge in [-0.3, -0.25) is 15.0 Å². The molecule has 9 heteroatoms. The van der Waals surface area contributed by atoms with Gasteiger partial charge in [0.1, 0.15) is 0 Å². The van der Waals surface area contributed by atoms with Gasteiger partial charge < -0.3 is 0 Å².